The predicted octanol–water partition coefficient (Wildman–Crippen LogP) is 2.95. The van der Waals surface area contributed by atoms with E-state index < -0.39 is 17.5 Å². The zero-order valence-corrected chi connectivity index (χ0v) is 15.6. The summed E-state index contributed by atoms with van der Waals surface area (Å²) in [5.41, 5.74) is -0.481. The Morgan fingerprint density at radius 1 is 1.23 bits per heavy atom. The third kappa shape index (κ3) is 3.56. The number of amides is 4. The summed E-state index contributed by atoms with van der Waals surface area (Å²) in [5.74, 6) is -0.686. The molecule has 7 heteroatoms. The fourth-order valence-corrected chi connectivity index (χ4v) is 3.93. The van der Waals surface area contributed by atoms with Crippen LogP contribution >= 0.6 is 11.6 Å². The monoisotopic (exact) mass is 377 g/mol. The molecule has 2 aliphatic rings. The summed E-state index contributed by atoms with van der Waals surface area (Å²) in [6, 6.07) is 6.44. The Morgan fingerprint density at radius 3 is 2.50 bits per heavy atom. The third-order valence-electron chi connectivity index (χ3n) is 5.32. The Kier molecular flexibility index (Phi) is 5.51. The van der Waals surface area contributed by atoms with E-state index in [1.54, 1.807) is 24.3 Å². The highest BCUT2D eigenvalue weighted by atomic mass is 35.5. The first-order valence-electron chi connectivity index (χ1n) is 9.16. The van der Waals surface area contributed by atoms with E-state index in [-0.39, 0.29) is 18.5 Å². The van der Waals surface area contributed by atoms with Crippen LogP contribution in [0.1, 0.15) is 51.0 Å². The lowest BCUT2D eigenvalue weighted by molar-refractivity contribution is -0.135. The molecular weight excluding hydrogens is 354 g/mol. The molecule has 0 unspecified atom stereocenters. The van der Waals surface area contributed by atoms with Gasteiger partial charge in [0.15, 0.2) is 0 Å². The molecule has 1 aromatic rings. The van der Waals surface area contributed by atoms with Crippen LogP contribution < -0.4 is 10.6 Å². The van der Waals surface area contributed by atoms with Gasteiger partial charge in [0, 0.05) is 11.1 Å². The molecule has 0 aromatic heterocycles. The summed E-state index contributed by atoms with van der Waals surface area (Å²) in [5, 5.41) is 6.28. The molecule has 0 bridgehead atoms. The predicted molar refractivity (Wildman–Crippen MR) is 98.7 cm³/mol. The lowest BCUT2D eigenvalue weighted by Gasteiger charge is -2.26. The molecule has 1 saturated carbocycles. The topological polar surface area (TPSA) is 78.5 Å². The average Bonchev–Trinajstić information content (AvgIpc) is 2.88. The van der Waals surface area contributed by atoms with Crippen LogP contribution in [0.4, 0.5) is 4.79 Å². The largest absolute Gasteiger partial charge is 0.352 e. The maximum atomic E-state index is 13.0. The van der Waals surface area contributed by atoms with Gasteiger partial charge < -0.3 is 10.6 Å². The summed E-state index contributed by atoms with van der Waals surface area (Å²) < 4.78 is 0. The van der Waals surface area contributed by atoms with Gasteiger partial charge in [0.1, 0.15) is 12.1 Å². The molecule has 1 aliphatic carbocycles. The molecule has 1 atom stereocenters. The van der Waals surface area contributed by atoms with E-state index in [1.165, 1.54) is 6.42 Å². The van der Waals surface area contributed by atoms with E-state index in [0.717, 1.165) is 30.6 Å². The maximum Gasteiger partial charge on any atom is 0.325 e. The second kappa shape index (κ2) is 7.66. The minimum absolute atomic E-state index is 0.143. The van der Waals surface area contributed by atoms with E-state index in [0.29, 0.717) is 17.0 Å². The van der Waals surface area contributed by atoms with Crippen LogP contribution in [0.2, 0.25) is 5.02 Å². The molecule has 1 saturated heterocycles. The zero-order chi connectivity index (χ0) is 18.7. The Labute approximate surface area is 158 Å². The maximum absolute atomic E-state index is 13.0. The number of rotatable bonds is 5. The number of carbonyl (C=O) groups excluding carboxylic acids is 3. The highest BCUT2D eigenvalue weighted by molar-refractivity contribution is 6.30. The summed E-state index contributed by atoms with van der Waals surface area (Å²) in [7, 11) is 0. The van der Waals surface area contributed by atoms with Crippen LogP contribution in [0, 0.1) is 0 Å². The van der Waals surface area contributed by atoms with Crippen molar-refractivity contribution in [3.05, 3.63) is 34.9 Å². The third-order valence-corrected chi connectivity index (χ3v) is 5.57. The second-order valence-electron chi connectivity index (χ2n) is 6.99. The van der Waals surface area contributed by atoms with Gasteiger partial charge in [-0.1, -0.05) is 49.9 Å². The number of hydrogen-bond donors (Lipinski definition) is 2. The van der Waals surface area contributed by atoms with Crippen molar-refractivity contribution in [3.8, 4) is 0 Å². The Morgan fingerprint density at radius 2 is 1.88 bits per heavy atom. The van der Waals surface area contributed by atoms with E-state index in [1.807, 2.05) is 6.92 Å². The molecule has 1 aliphatic heterocycles. The van der Waals surface area contributed by atoms with Crippen molar-refractivity contribution < 1.29 is 14.4 Å². The standard InChI is InChI=1S/C19H24ClN3O3/c1-2-19(13-8-10-14(20)11-9-13)17(25)23(18(26)22-19)12-16(24)21-15-6-4-3-5-7-15/h8-11,15H,2-7,12H2,1H3,(H,21,24)(H,22,26)/t19-/m1/s1. The normalized spacial score (nSPS) is 23.8. The molecule has 140 valence electrons. The number of carbonyl (C=O) groups is 3. The van der Waals surface area contributed by atoms with Gasteiger partial charge in [0.05, 0.1) is 0 Å². The van der Waals surface area contributed by atoms with Gasteiger partial charge in [-0.15, -0.1) is 0 Å². The van der Waals surface area contributed by atoms with Crippen molar-refractivity contribution >= 4 is 29.4 Å². The second-order valence-corrected chi connectivity index (χ2v) is 7.43. The highest BCUT2D eigenvalue weighted by Crippen LogP contribution is 2.33. The Bertz CT molecular complexity index is 700. The van der Waals surface area contributed by atoms with Crippen LogP contribution in [0.25, 0.3) is 0 Å². The zero-order valence-electron chi connectivity index (χ0n) is 14.9. The molecule has 2 N–H and O–H groups in total. The van der Waals surface area contributed by atoms with Crippen molar-refractivity contribution in [2.45, 2.75) is 57.0 Å². The molecule has 26 heavy (non-hydrogen) atoms. The number of nitrogens with one attached hydrogen (secondary N) is 2. The minimum atomic E-state index is -1.15. The van der Waals surface area contributed by atoms with Crippen molar-refractivity contribution in [1.29, 1.82) is 0 Å². The van der Waals surface area contributed by atoms with E-state index >= 15 is 0 Å². The first-order chi connectivity index (χ1) is 12.5. The summed E-state index contributed by atoms with van der Waals surface area (Å²) in [6.45, 7) is 1.58. The van der Waals surface area contributed by atoms with E-state index in [9.17, 15) is 14.4 Å². The van der Waals surface area contributed by atoms with Gasteiger partial charge in [0.25, 0.3) is 5.91 Å². The molecule has 1 aromatic carbocycles. The smallest absolute Gasteiger partial charge is 0.325 e. The van der Waals surface area contributed by atoms with Gasteiger partial charge in [-0.3, -0.25) is 14.5 Å². The fourth-order valence-electron chi connectivity index (χ4n) is 3.81. The van der Waals surface area contributed by atoms with Gasteiger partial charge in [0.2, 0.25) is 5.91 Å². The number of imide groups is 1. The van der Waals surface area contributed by atoms with Gasteiger partial charge in [-0.05, 0) is 37.0 Å². The van der Waals surface area contributed by atoms with E-state index in [2.05, 4.69) is 10.6 Å². The highest BCUT2D eigenvalue weighted by Gasteiger charge is 2.51. The number of nitrogens with zero attached hydrogens (tertiary/aromatic N) is 1. The molecular formula is C19H24ClN3O3. The van der Waals surface area contributed by atoms with E-state index in [4.69, 9.17) is 11.6 Å². The van der Waals surface area contributed by atoms with Crippen LogP contribution in [-0.4, -0.2) is 35.3 Å². The minimum Gasteiger partial charge on any atom is -0.352 e. The number of benzene rings is 1. The number of urea groups is 1. The van der Waals surface area contributed by atoms with Crippen LogP contribution in [0.15, 0.2) is 24.3 Å². The molecule has 2 fully saturated rings. The fraction of sp³-hybridized carbons (Fsp3) is 0.526. The molecule has 0 radical (unpaired) electrons. The van der Waals surface area contributed by atoms with Crippen LogP contribution in [0.5, 0.6) is 0 Å². The summed E-state index contributed by atoms with van der Waals surface area (Å²) in [4.78, 5) is 38.8. The molecule has 1 heterocycles. The van der Waals surface area contributed by atoms with Gasteiger partial charge >= 0.3 is 6.03 Å². The van der Waals surface area contributed by atoms with Gasteiger partial charge in [-0.25, -0.2) is 4.79 Å². The van der Waals surface area contributed by atoms with Crippen molar-refractivity contribution in [1.82, 2.24) is 15.5 Å². The van der Waals surface area contributed by atoms with Crippen molar-refractivity contribution in [2.75, 3.05) is 6.54 Å². The molecule has 3 rings (SSSR count). The number of halogens is 1. The summed E-state index contributed by atoms with van der Waals surface area (Å²) >= 11 is 5.93. The molecule has 0 spiro atoms. The van der Waals surface area contributed by atoms with Crippen molar-refractivity contribution in [3.63, 3.8) is 0 Å². The lowest BCUT2D eigenvalue weighted by atomic mass is 9.87. The lowest BCUT2D eigenvalue weighted by Crippen LogP contribution is -2.46. The first kappa shape index (κ1) is 18.7. The molecule has 6 nitrogen and oxygen atoms in total. The Hall–Kier alpha value is -2.08. The van der Waals surface area contributed by atoms with Gasteiger partial charge in [-0.2, -0.15) is 0 Å². The SMILES string of the molecule is CC[C@]1(c2ccc(Cl)cc2)NC(=O)N(CC(=O)NC2CCCCC2)C1=O. The van der Waals surface area contributed by atoms with Crippen molar-refractivity contribution in [2.24, 2.45) is 0 Å². The first-order valence-corrected chi connectivity index (χ1v) is 9.53. The molecule has 4 amide bonds. The Balaban J connectivity index is 1.72. The van der Waals surface area contributed by atoms with Crippen LogP contribution in [-0.2, 0) is 15.1 Å². The average molecular weight is 378 g/mol. The van der Waals surface area contributed by atoms with Crippen LogP contribution in [0.3, 0.4) is 0 Å². The quantitative estimate of drug-likeness (QED) is 0.774. The summed E-state index contributed by atoms with van der Waals surface area (Å²) in [6.07, 6.45) is 5.69. The number of hydrogen-bond acceptors (Lipinski definition) is 3.